The van der Waals surface area contributed by atoms with Gasteiger partial charge >= 0.3 is 0 Å². The van der Waals surface area contributed by atoms with Gasteiger partial charge < -0.3 is 10.2 Å². The van der Waals surface area contributed by atoms with Crippen molar-refractivity contribution in [1.29, 1.82) is 0 Å². The van der Waals surface area contributed by atoms with E-state index in [-0.39, 0.29) is 18.4 Å². The minimum atomic E-state index is -0.210. The molecule has 0 spiro atoms. The van der Waals surface area contributed by atoms with Crippen LogP contribution in [0.2, 0.25) is 0 Å². The van der Waals surface area contributed by atoms with E-state index in [1.54, 1.807) is 11.1 Å². The molecule has 0 saturated heterocycles. The van der Waals surface area contributed by atoms with Crippen LogP contribution in [0.3, 0.4) is 0 Å². The van der Waals surface area contributed by atoms with Gasteiger partial charge in [-0.25, -0.2) is 4.98 Å². The number of unbranched alkanes of at least 4 members (excludes halogenated alkanes) is 4. The van der Waals surface area contributed by atoms with Crippen molar-refractivity contribution < 1.29 is 9.59 Å². The number of aromatic nitrogens is 1. The minimum Gasteiger partial charge on any atom is -0.329 e. The zero-order valence-electron chi connectivity index (χ0n) is 16.9. The van der Waals surface area contributed by atoms with Crippen molar-refractivity contribution >= 4 is 28.3 Å². The van der Waals surface area contributed by atoms with Crippen molar-refractivity contribution in [3.63, 3.8) is 0 Å². The van der Waals surface area contributed by atoms with Gasteiger partial charge in [-0.15, -0.1) is 11.3 Å². The van der Waals surface area contributed by atoms with Crippen LogP contribution in [0.25, 0.3) is 0 Å². The van der Waals surface area contributed by atoms with E-state index in [9.17, 15) is 9.59 Å². The topological polar surface area (TPSA) is 62.3 Å². The summed E-state index contributed by atoms with van der Waals surface area (Å²) in [7, 11) is 0. The average molecular weight is 402 g/mol. The Morgan fingerprint density at radius 3 is 2.43 bits per heavy atom. The third-order valence-electron chi connectivity index (χ3n) is 4.60. The Bertz CT molecular complexity index is 714. The first kappa shape index (κ1) is 22.1. The van der Waals surface area contributed by atoms with E-state index < -0.39 is 0 Å². The van der Waals surface area contributed by atoms with Crippen LogP contribution in [0, 0.1) is 0 Å². The predicted octanol–water partition coefficient (Wildman–Crippen LogP) is 5.15. The molecular formula is C22H31N3O2S. The van der Waals surface area contributed by atoms with Crippen molar-refractivity contribution in [3.05, 3.63) is 47.0 Å². The number of nitrogens with one attached hydrogen (secondary N) is 1. The Labute approximate surface area is 172 Å². The van der Waals surface area contributed by atoms with E-state index in [2.05, 4.69) is 24.1 Å². The highest BCUT2D eigenvalue weighted by Crippen LogP contribution is 2.13. The summed E-state index contributed by atoms with van der Waals surface area (Å²) in [4.78, 5) is 31.1. The molecule has 0 aliphatic rings. The largest absolute Gasteiger partial charge is 0.329 e. The van der Waals surface area contributed by atoms with Crippen LogP contribution in [0.15, 0.2) is 35.8 Å². The van der Waals surface area contributed by atoms with Crippen molar-refractivity contribution in [1.82, 2.24) is 9.88 Å². The van der Waals surface area contributed by atoms with E-state index in [4.69, 9.17) is 0 Å². The summed E-state index contributed by atoms with van der Waals surface area (Å²) in [5.74, 6) is -0.300. The summed E-state index contributed by atoms with van der Waals surface area (Å²) in [5.41, 5.74) is 1.88. The quantitative estimate of drug-likeness (QED) is 0.501. The second-order valence-electron chi connectivity index (χ2n) is 6.97. The van der Waals surface area contributed by atoms with Crippen LogP contribution >= 0.6 is 11.3 Å². The van der Waals surface area contributed by atoms with Crippen LogP contribution in [0.4, 0.5) is 5.13 Å². The molecule has 0 aliphatic carbocycles. The SMILES string of the molecule is CCCCCCN(CC(=O)Nc1nccs1)C(=O)c1ccc(CCCC)cc1. The zero-order chi connectivity index (χ0) is 20.2. The first-order chi connectivity index (χ1) is 13.6. The van der Waals surface area contributed by atoms with Crippen LogP contribution in [-0.4, -0.2) is 34.8 Å². The number of aryl methyl sites for hydroxylation is 1. The molecule has 28 heavy (non-hydrogen) atoms. The van der Waals surface area contributed by atoms with Gasteiger partial charge in [0.1, 0.15) is 6.54 Å². The molecule has 1 aromatic heterocycles. The highest BCUT2D eigenvalue weighted by molar-refractivity contribution is 7.13. The van der Waals surface area contributed by atoms with Crippen LogP contribution < -0.4 is 5.32 Å². The fourth-order valence-electron chi connectivity index (χ4n) is 2.98. The lowest BCUT2D eigenvalue weighted by Crippen LogP contribution is -2.38. The molecule has 6 heteroatoms. The molecule has 0 fully saturated rings. The summed E-state index contributed by atoms with van der Waals surface area (Å²) < 4.78 is 0. The maximum Gasteiger partial charge on any atom is 0.254 e. The summed E-state index contributed by atoms with van der Waals surface area (Å²) >= 11 is 1.37. The Morgan fingerprint density at radius 2 is 1.79 bits per heavy atom. The summed E-state index contributed by atoms with van der Waals surface area (Å²) in [6.45, 7) is 4.96. The number of thiazole rings is 1. The van der Waals surface area contributed by atoms with Gasteiger partial charge in [0.15, 0.2) is 5.13 Å². The zero-order valence-corrected chi connectivity index (χ0v) is 17.8. The van der Waals surface area contributed by atoms with Crippen molar-refractivity contribution in [3.8, 4) is 0 Å². The van der Waals surface area contributed by atoms with Crippen molar-refractivity contribution in [2.45, 2.75) is 58.8 Å². The molecule has 0 unspecified atom stereocenters. The van der Waals surface area contributed by atoms with Crippen molar-refractivity contribution in [2.75, 3.05) is 18.4 Å². The number of hydrogen-bond donors (Lipinski definition) is 1. The molecular weight excluding hydrogens is 370 g/mol. The van der Waals surface area contributed by atoms with E-state index in [0.717, 1.165) is 44.9 Å². The fourth-order valence-corrected chi connectivity index (χ4v) is 3.52. The molecule has 0 radical (unpaired) electrons. The molecule has 152 valence electrons. The maximum atomic E-state index is 13.0. The van der Waals surface area contributed by atoms with Gasteiger partial charge in [0, 0.05) is 23.7 Å². The summed E-state index contributed by atoms with van der Waals surface area (Å²) in [6.07, 6.45) is 9.21. The molecule has 2 aromatic rings. The number of hydrogen-bond acceptors (Lipinski definition) is 4. The molecule has 0 aliphatic heterocycles. The molecule has 1 heterocycles. The van der Waals surface area contributed by atoms with E-state index in [1.807, 2.05) is 29.6 Å². The first-order valence-corrected chi connectivity index (χ1v) is 11.1. The third-order valence-corrected chi connectivity index (χ3v) is 5.29. The molecule has 0 atom stereocenters. The highest BCUT2D eigenvalue weighted by Gasteiger charge is 2.19. The number of nitrogens with zero attached hydrogens (tertiary/aromatic N) is 2. The number of anilines is 1. The number of rotatable bonds is 12. The second-order valence-corrected chi connectivity index (χ2v) is 7.87. The summed E-state index contributed by atoms with van der Waals surface area (Å²) in [5, 5.41) is 5.14. The van der Waals surface area contributed by atoms with Gasteiger partial charge in [-0.2, -0.15) is 0 Å². The number of amides is 2. The van der Waals surface area contributed by atoms with Gasteiger partial charge in [0.05, 0.1) is 0 Å². The smallest absolute Gasteiger partial charge is 0.254 e. The highest BCUT2D eigenvalue weighted by atomic mass is 32.1. The number of carbonyl (C=O) groups is 2. The van der Waals surface area contributed by atoms with E-state index in [0.29, 0.717) is 17.2 Å². The fraction of sp³-hybridized carbons (Fsp3) is 0.500. The monoisotopic (exact) mass is 401 g/mol. The molecule has 0 saturated carbocycles. The van der Waals surface area contributed by atoms with Crippen LogP contribution in [-0.2, 0) is 11.2 Å². The van der Waals surface area contributed by atoms with E-state index in [1.165, 1.54) is 16.9 Å². The van der Waals surface area contributed by atoms with Gasteiger partial charge in [-0.05, 0) is 37.0 Å². The number of carbonyl (C=O) groups excluding carboxylic acids is 2. The lowest BCUT2D eigenvalue weighted by atomic mass is 10.1. The number of benzene rings is 1. The molecule has 5 nitrogen and oxygen atoms in total. The minimum absolute atomic E-state index is 0.0438. The molecule has 0 bridgehead atoms. The van der Waals surface area contributed by atoms with Crippen LogP contribution in [0.5, 0.6) is 0 Å². The van der Waals surface area contributed by atoms with Crippen LogP contribution in [0.1, 0.15) is 68.3 Å². The van der Waals surface area contributed by atoms with Gasteiger partial charge in [-0.3, -0.25) is 9.59 Å². The average Bonchev–Trinajstić information content (AvgIpc) is 3.21. The second kappa shape index (κ2) is 12.3. The third kappa shape index (κ3) is 7.43. The van der Waals surface area contributed by atoms with Gasteiger partial charge in [0.2, 0.25) is 5.91 Å². The molecule has 1 aromatic carbocycles. The predicted molar refractivity (Wildman–Crippen MR) is 116 cm³/mol. The van der Waals surface area contributed by atoms with E-state index >= 15 is 0 Å². The Hall–Kier alpha value is -2.21. The maximum absolute atomic E-state index is 13.0. The van der Waals surface area contributed by atoms with Crippen molar-refractivity contribution in [2.24, 2.45) is 0 Å². The molecule has 1 N–H and O–H groups in total. The molecule has 2 amide bonds. The normalized spacial score (nSPS) is 10.6. The van der Waals surface area contributed by atoms with Gasteiger partial charge in [-0.1, -0.05) is 51.7 Å². The molecule has 2 rings (SSSR count). The lowest BCUT2D eigenvalue weighted by molar-refractivity contribution is -0.116. The standard InChI is InChI=1S/C22H31N3O2S/c1-3-5-7-8-15-25(17-20(26)24-22-23-14-16-28-22)21(27)19-12-10-18(11-13-19)9-6-4-2/h10-14,16H,3-9,15,17H2,1-2H3,(H,23,24,26). The Morgan fingerprint density at radius 1 is 1.04 bits per heavy atom. The first-order valence-electron chi connectivity index (χ1n) is 10.2. The lowest BCUT2D eigenvalue weighted by Gasteiger charge is -2.22. The van der Waals surface area contributed by atoms with Gasteiger partial charge in [0.25, 0.3) is 5.91 Å². The Balaban J connectivity index is 2.01. The summed E-state index contributed by atoms with van der Waals surface area (Å²) in [6, 6.07) is 7.80. The Kier molecular flexibility index (Phi) is 9.69.